The summed E-state index contributed by atoms with van der Waals surface area (Å²) < 4.78 is 5.94. The maximum absolute atomic E-state index is 6.13. The van der Waals surface area contributed by atoms with Gasteiger partial charge in [-0.05, 0) is 57.5 Å². The summed E-state index contributed by atoms with van der Waals surface area (Å²) in [5.41, 5.74) is 7.30. The number of nitrogens with two attached hydrogens (primary N) is 1. The Labute approximate surface area is 110 Å². The molecule has 1 aliphatic carbocycles. The molecule has 0 spiro atoms. The third kappa shape index (κ3) is 3.72. The van der Waals surface area contributed by atoms with E-state index in [9.17, 15) is 0 Å². The smallest absolute Gasteiger partial charge is 0.119 e. The highest BCUT2D eigenvalue weighted by atomic mass is 16.5. The monoisotopic (exact) mass is 248 g/mol. The van der Waals surface area contributed by atoms with Crippen LogP contribution in [-0.2, 0) is 0 Å². The second kappa shape index (κ2) is 6.21. The molecule has 2 rings (SSSR count). The summed E-state index contributed by atoms with van der Waals surface area (Å²) in [6.45, 7) is 0.864. The predicted molar refractivity (Wildman–Crippen MR) is 74.8 cm³/mol. The number of likely N-dealkylation sites (N-methyl/N-ethyl adjacent to an activating group) is 1. The average Bonchev–Trinajstić information content (AvgIpc) is 2.82. The van der Waals surface area contributed by atoms with Gasteiger partial charge in [0.15, 0.2) is 0 Å². The Morgan fingerprint density at radius 3 is 2.39 bits per heavy atom. The molecule has 1 saturated carbocycles. The van der Waals surface area contributed by atoms with Gasteiger partial charge in [0.05, 0.1) is 6.10 Å². The predicted octanol–water partition coefficient (Wildman–Crippen LogP) is 2.57. The van der Waals surface area contributed by atoms with Crippen LogP contribution in [0.4, 0.5) is 0 Å². The molecule has 18 heavy (non-hydrogen) atoms. The van der Waals surface area contributed by atoms with Crippen LogP contribution in [0, 0.1) is 0 Å². The van der Waals surface area contributed by atoms with Crippen molar-refractivity contribution in [3.05, 3.63) is 29.8 Å². The van der Waals surface area contributed by atoms with Gasteiger partial charge in [-0.15, -0.1) is 0 Å². The van der Waals surface area contributed by atoms with E-state index in [-0.39, 0.29) is 6.04 Å². The van der Waals surface area contributed by atoms with Gasteiger partial charge in [-0.2, -0.15) is 0 Å². The fourth-order valence-corrected chi connectivity index (χ4v) is 2.49. The number of ether oxygens (including phenoxy) is 1. The van der Waals surface area contributed by atoms with E-state index in [0.717, 1.165) is 12.3 Å². The van der Waals surface area contributed by atoms with Crippen molar-refractivity contribution in [1.82, 2.24) is 4.90 Å². The third-order valence-electron chi connectivity index (χ3n) is 3.48. The summed E-state index contributed by atoms with van der Waals surface area (Å²) >= 11 is 0. The second-order valence-electron chi connectivity index (χ2n) is 5.46. The fraction of sp³-hybridized carbons (Fsp3) is 0.600. The van der Waals surface area contributed by atoms with Crippen molar-refractivity contribution in [2.45, 2.75) is 37.8 Å². The molecule has 0 amide bonds. The van der Waals surface area contributed by atoms with E-state index < -0.39 is 0 Å². The van der Waals surface area contributed by atoms with Gasteiger partial charge in [0.25, 0.3) is 0 Å². The van der Waals surface area contributed by atoms with E-state index in [1.165, 1.54) is 31.2 Å². The Hall–Kier alpha value is -1.06. The summed E-state index contributed by atoms with van der Waals surface area (Å²) in [4.78, 5) is 2.10. The van der Waals surface area contributed by atoms with E-state index in [1.54, 1.807) is 0 Å². The van der Waals surface area contributed by atoms with Gasteiger partial charge in [0, 0.05) is 12.6 Å². The van der Waals surface area contributed by atoms with Gasteiger partial charge in [0.2, 0.25) is 0 Å². The lowest BCUT2D eigenvalue weighted by Gasteiger charge is -2.18. The van der Waals surface area contributed by atoms with Crippen LogP contribution in [0.2, 0.25) is 0 Å². The summed E-state index contributed by atoms with van der Waals surface area (Å²) in [7, 11) is 4.08. The Morgan fingerprint density at radius 1 is 1.22 bits per heavy atom. The van der Waals surface area contributed by atoms with E-state index in [0.29, 0.717) is 6.10 Å². The quantitative estimate of drug-likeness (QED) is 0.870. The highest BCUT2D eigenvalue weighted by Gasteiger charge is 2.16. The highest BCUT2D eigenvalue weighted by Crippen LogP contribution is 2.25. The van der Waals surface area contributed by atoms with Gasteiger partial charge >= 0.3 is 0 Å². The molecule has 0 aromatic heterocycles. The lowest BCUT2D eigenvalue weighted by Crippen LogP contribution is -2.25. The van der Waals surface area contributed by atoms with Crippen LogP contribution in [0.3, 0.4) is 0 Å². The van der Waals surface area contributed by atoms with E-state index in [4.69, 9.17) is 10.5 Å². The van der Waals surface area contributed by atoms with Gasteiger partial charge in [0.1, 0.15) is 5.75 Å². The van der Waals surface area contributed by atoms with E-state index >= 15 is 0 Å². The van der Waals surface area contributed by atoms with Crippen LogP contribution < -0.4 is 10.5 Å². The fourth-order valence-electron chi connectivity index (χ4n) is 2.49. The molecule has 1 aromatic rings. The molecule has 100 valence electrons. The molecule has 1 aromatic carbocycles. The zero-order valence-corrected chi connectivity index (χ0v) is 11.4. The molecule has 1 aliphatic rings. The molecule has 3 nitrogen and oxygen atoms in total. The number of hydrogen-bond donors (Lipinski definition) is 1. The summed E-state index contributed by atoms with van der Waals surface area (Å²) in [5, 5.41) is 0. The Balaban J connectivity index is 1.92. The number of rotatable bonds is 5. The minimum atomic E-state index is 0.0699. The van der Waals surface area contributed by atoms with Crippen molar-refractivity contribution >= 4 is 0 Å². The number of hydrogen-bond acceptors (Lipinski definition) is 3. The molecular weight excluding hydrogens is 224 g/mol. The lowest BCUT2D eigenvalue weighted by molar-refractivity contribution is 0.210. The van der Waals surface area contributed by atoms with Crippen LogP contribution in [-0.4, -0.2) is 31.6 Å². The van der Waals surface area contributed by atoms with E-state index in [2.05, 4.69) is 17.0 Å². The first-order chi connectivity index (χ1) is 8.65. The number of benzene rings is 1. The lowest BCUT2D eigenvalue weighted by atomic mass is 10.1. The van der Waals surface area contributed by atoms with Crippen LogP contribution in [0.15, 0.2) is 24.3 Å². The summed E-state index contributed by atoms with van der Waals surface area (Å²) in [5.74, 6) is 0.975. The molecular formula is C15H24N2O. The van der Waals surface area contributed by atoms with Gasteiger partial charge in [-0.3, -0.25) is 0 Å². The first kappa shape index (κ1) is 13.4. The SMILES string of the molecule is CN(C)CC(N)c1ccc(OC2CCCC2)cc1. The van der Waals surface area contributed by atoms with Crippen LogP contribution in [0.5, 0.6) is 5.75 Å². The maximum Gasteiger partial charge on any atom is 0.119 e. The van der Waals surface area contributed by atoms with Crippen molar-refractivity contribution < 1.29 is 4.74 Å². The molecule has 0 bridgehead atoms. The summed E-state index contributed by atoms with van der Waals surface area (Å²) in [6, 6.07) is 8.32. The van der Waals surface area contributed by atoms with Crippen molar-refractivity contribution in [2.75, 3.05) is 20.6 Å². The third-order valence-corrected chi connectivity index (χ3v) is 3.48. The second-order valence-corrected chi connectivity index (χ2v) is 5.46. The molecule has 1 unspecified atom stereocenters. The van der Waals surface area contributed by atoms with Crippen LogP contribution >= 0.6 is 0 Å². The minimum absolute atomic E-state index is 0.0699. The Morgan fingerprint density at radius 2 is 1.83 bits per heavy atom. The van der Waals surface area contributed by atoms with Gasteiger partial charge < -0.3 is 15.4 Å². The largest absolute Gasteiger partial charge is 0.490 e. The van der Waals surface area contributed by atoms with Crippen molar-refractivity contribution in [3.8, 4) is 5.75 Å². The highest BCUT2D eigenvalue weighted by molar-refractivity contribution is 5.29. The molecule has 0 saturated heterocycles. The molecule has 2 N–H and O–H groups in total. The summed E-state index contributed by atoms with van der Waals surface area (Å²) in [6.07, 6.45) is 5.42. The Kier molecular flexibility index (Phi) is 4.61. The number of nitrogens with zero attached hydrogens (tertiary/aromatic N) is 1. The maximum atomic E-state index is 6.13. The molecule has 0 heterocycles. The van der Waals surface area contributed by atoms with Crippen molar-refractivity contribution in [2.24, 2.45) is 5.73 Å². The van der Waals surface area contributed by atoms with Crippen molar-refractivity contribution in [3.63, 3.8) is 0 Å². The van der Waals surface area contributed by atoms with Gasteiger partial charge in [-0.25, -0.2) is 0 Å². The standard InChI is InChI=1S/C15H24N2O/c1-17(2)11-15(16)12-7-9-14(10-8-12)18-13-5-3-4-6-13/h7-10,13,15H,3-6,11,16H2,1-2H3. The first-order valence-electron chi connectivity index (χ1n) is 6.82. The normalized spacial score (nSPS) is 18.2. The van der Waals surface area contributed by atoms with Crippen LogP contribution in [0.1, 0.15) is 37.3 Å². The zero-order valence-electron chi connectivity index (χ0n) is 11.4. The topological polar surface area (TPSA) is 38.5 Å². The average molecular weight is 248 g/mol. The van der Waals surface area contributed by atoms with Crippen molar-refractivity contribution in [1.29, 1.82) is 0 Å². The minimum Gasteiger partial charge on any atom is -0.490 e. The first-order valence-corrected chi connectivity index (χ1v) is 6.82. The Bertz CT molecular complexity index is 355. The van der Waals surface area contributed by atoms with Crippen LogP contribution in [0.25, 0.3) is 0 Å². The molecule has 0 radical (unpaired) electrons. The molecule has 1 fully saturated rings. The molecule has 1 atom stereocenters. The molecule has 3 heteroatoms. The van der Waals surface area contributed by atoms with Gasteiger partial charge in [-0.1, -0.05) is 12.1 Å². The molecule has 0 aliphatic heterocycles. The zero-order chi connectivity index (χ0) is 13.0. The van der Waals surface area contributed by atoms with E-state index in [1.807, 2.05) is 26.2 Å².